The van der Waals surface area contributed by atoms with Crippen LogP contribution in [0.4, 0.5) is 0 Å². The first kappa shape index (κ1) is 11.5. The lowest BCUT2D eigenvalue weighted by Crippen LogP contribution is -2.31. The van der Waals surface area contributed by atoms with Crippen LogP contribution in [-0.4, -0.2) is 17.7 Å². The van der Waals surface area contributed by atoms with Gasteiger partial charge in [-0.3, -0.25) is 0 Å². The topological polar surface area (TPSA) is 32.3 Å². The smallest absolute Gasteiger partial charge is 0.119 e. The first-order chi connectivity index (χ1) is 7.66. The Kier molecular flexibility index (Phi) is 3.49. The van der Waals surface area contributed by atoms with Crippen LogP contribution in [0, 0.1) is 5.92 Å². The maximum Gasteiger partial charge on any atom is 0.119 e. The number of rotatable bonds is 3. The summed E-state index contributed by atoms with van der Waals surface area (Å²) in [6.45, 7) is 5.41. The molecule has 0 saturated carbocycles. The molecule has 0 bridgehead atoms. The quantitative estimate of drug-likeness (QED) is 0.818. The van der Waals surface area contributed by atoms with Crippen molar-refractivity contribution in [3.63, 3.8) is 0 Å². The van der Waals surface area contributed by atoms with Gasteiger partial charge in [0.1, 0.15) is 5.75 Å². The summed E-state index contributed by atoms with van der Waals surface area (Å²) < 4.78 is 0. The fourth-order valence-corrected chi connectivity index (χ4v) is 2.42. The molecule has 0 saturated heterocycles. The Morgan fingerprint density at radius 3 is 3.00 bits per heavy atom. The molecule has 0 heterocycles. The third-order valence-corrected chi connectivity index (χ3v) is 3.38. The standard InChI is InChI=1S/C14H21NO/c1-10(2)15-9-11-6-7-12-4-3-5-14(16)13(12)8-11/h3-5,10-11,15-16H,6-9H2,1-2H3. The largest absolute Gasteiger partial charge is 0.508 e. The summed E-state index contributed by atoms with van der Waals surface area (Å²) in [7, 11) is 0. The molecule has 0 aliphatic heterocycles. The number of aryl methyl sites for hydroxylation is 1. The van der Waals surface area contributed by atoms with E-state index in [0.29, 0.717) is 17.7 Å². The van der Waals surface area contributed by atoms with Crippen molar-refractivity contribution in [2.45, 2.75) is 39.2 Å². The van der Waals surface area contributed by atoms with E-state index in [0.717, 1.165) is 19.4 Å². The van der Waals surface area contributed by atoms with Gasteiger partial charge in [0.2, 0.25) is 0 Å². The molecule has 1 aliphatic carbocycles. The maximum absolute atomic E-state index is 9.83. The van der Waals surface area contributed by atoms with E-state index >= 15 is 0 Å². The van der Waals surface area contributed by atoms with Crippen molar-refractivity contribution >= 4 is 0 Å². The summed E-state index contributed by atoms with van der Waals surface area (Å²) in [5.74, 6) is 1.15. The Balaban J connectivity index is 2.03. The summed E-state index contributed by atoms with van der Waals surface area (Å²) in [6, 6.07) is 6.43. The minimum Gasteiger partial charge on any atom is -0.508 e. The lowest BCUT2D eigenvalue weighted by atomic mass is 9.83. The van der Waals surface area contributed by atoms with Crippen LogP contribution in [0.2, 0.25) is 0 Å². The molecule has 0 aromatic heterocycles. The first-order valence-corrected chi connectivity index (χ1v) is 6.20. The van der Waals surface area contributed by atoms with Crippen LogP contribution in [-0.2, 0) is 12.8 Å². The third-order valence-electron chi connectivity index (χ3n) is 3.38. The van der Waals surface area contributed by atoms with E-state index in [2.05, 4.69) is 25.2 Å². The van der Waals surface area contributed by atoms with Gasteiger partial charge in [-0.1, -0.05) is 26.0 Å². The Morgan fingerprint density at radius 1 is 1.44 bits per heavy atom. The molecule has 2 rings (SSSR count). The number of benzene rings is 1. The Morgan fingerprint density at radius 2 is 2.25 bits per heavy atom. The van der Waals surface area contributed by atoms with Crippen molar-refractivity contribution in [2.24, 2.45) is 5.92 Å². The molecule has 88 valence electrons. The highest BCUT2D eigenvalue weighted by molar-refractivity contribution is 5.41. The second-order valence-corrected chi connectivity index (χ2v) is 5.09. The summed E-state index contributed by atoms with van der Waals surface area (Å²) in [4.78, 5) is 0. The van der Waals surface area contributed by atoms with Crippen LogP contribution in [0.5, 0.6) is 5.75 Å². The second-order valence-electron chi connectivity index (χ2n) is 5.09. The normalized spacial score (nSPS) is 19.8. The van der Waals surface area contributed by atoms with E-state index in [1.807, 2.05) is 6.07 Å². The van der Waals surface area contributed by atoms with Crippen LogP contribution < -0.4 is 5.32 Å². The molecule has 1 unspecified atom stereocenters. The zero-order valence-corrected chi connectivity index (χ0v) is 10.2. The predicted molar refractivity (Wildman–Crippen MR) is 66.8 cm³/mol. The molecule has 0 radical (unpaired) electrons. The zero-order valence-electron chi connectivity index (χ0n) is 10.2. The third kappa shape index (κ3) is 2.56. The molecule has 1 aliphatic rings. The van der Waals surface area contributed by atoms with Crippen molar-refractivity contribution in [1.82, 2.24) is 5.32 Å². The van der Waals surface area contributed by atoms with Crippen molar-refractivity contribution in [2.75, 3.05) is 6.54 Å². The zero-order chi connectivity index (χ0) is 11.5. The van der Waals surface area contributed by atoms with Crippen molar-refractivity contribution in [3.05, 3.63) is 29.3 Å². The Bertz CT molecular complexity index is 360. The van der Waals surface area contributed by atoms with Crippen molar-refractivity contribution in [1.29, 1.82) is 0 Å². The van der Waals surface area contributed by atoms with Gasteiger partial charge >= 0.3 is 0 Å². The molecule has 2 nitrogen and oxygen atoms in total. The molecule has 1 aromatic carbocycles. The van der Waals surface area contributed by atoms with E-state index in [1.165, 1.54) is 17.5 Å². The van der Waals surface area contributed by atoms with Crippen LogP contribution in [0.1, 0.15) is 31.4 Å². The highest BCUT2D eigenvalue weighted by Crippen LogP contribution is 2.31. The first-order valence-electron chi connectivity index (χ1n) is 6.20. The number of nitrogens with one attached hydrogen (secondary N) is 1. The van der Waals surface area contributed by atoms with Crippen LogP contribution in [0.25, 0.3) is 0 Å². The SMILES string of the molecule is CC(C)NCC1CCc2cccc(O)c2C1. The van der Waals surface area contributed by atoms with Crippen molar-refractivity contribution < 1.29 is 5.11 Å². The maximum atomic E-state index is 9.83. The molecule has 1 aromatic rings. The van der Waals surface area contributed by atoms with Gasteiger partial charge in [-0.15, -0.1) is 0 Å². The monoisotopic (exact) mass is 219 g/mol. The molecule has 2 heteroatoms. The average Bonchev–Trinajstić information content (AvgIpc) is 2.27. The van der Waals surface area contributed by atoms with Gasteiger partial charge in [-0.05, 0) is 48.9 Å². The van der Waals surface area contributed by atoms with E-state index in [4.69, 9.17) is 0 Å². The Hall–Kier alpha value is -1.02. The number of phenolic OH excluding ortho intramolecular Hbond substituents is 1. The number of fused-ring (bicyclic) bond motifs is 1. The van der Waals surface area contributed by atoms with Gasteiger partial charge < -0.3 is 10.4 Å². The number of hydrogen-bond acceptors (Lipinski definition) is 2. The highest BCUT2D eigenvalue weighted by Gasteiger charge is 2.20. The lowest BCUT2D eigenvalue weighted by Gasteiger charge is -2.26. The molecule has 16 heavy (non-hydrogen) atoms. The summed E-state index contributed by atoms with van der Waals surface area (Å²) >= 11 is 0. The van der Waals surface area contributed by atoms with Crippen LogP contribution in [0.15, 0.2) is 18.2 Å². The number of hydrogen-bond donors (Lipinski definition) is 2. The number of aromatic hydroxyl groups is 1. The van der Waals surface area contributed by atoms with E-state index in [9.17, 15) is 5.11 Å². The average molecular weight is 219 g/mol. The fourth-order valence-electron chi connectivity index (χ4n) is 2.42. The van der Waals surface area contributed by atoms with Gasteiger partial charge in [-0.2, -0.15) is 0 Å². The van der Waals surface area contributed by atoms with Crippen molar-refractivity contribution in [3.8, 4) is 5.75 Å². The molecule has 1 atom stereocenters. The minimum absolute atomic E-state index is 0.478. The molecule has 0 fully saturated rings. The van der Waals surface area contributed by atoms with Crippen LogP contribution in [0.3, 0.4) is 0 Å². The molecule has 0 amide bonds. The molecular formula is C14H21NO. The van der Waals surface area contributed by atoms with E-state index < -0.39 is 0 Å². The van der Waals surface area contributed by atoms with Gasteiger partial charge in [0.25, 0.3) is 0 Å². The molecule has 0 spiro atoms. The second kappa shape index (κ2) is 4.88. The summed E-state index contributed by atoms with van der Waals surface area (Å²) in [5.41, 5.74) is 2.50. The van der Waals surface area contributed by atoms with E-state index in [-0.39, 0.29) is 0 Å². The van der Waals surface area contributed by atoms with Gasteiger partial charge in [-0.25, -0.2) is 0 Å². The Labute approximate surface area is 97.7 Å². The van der Waals surface area contributed by atoms with Gasteiger partial charge in [0.15, 0.2) is 0 Å². The molecular weight excluding hydrogens is 198 g/mol. The fraction of sp³-hybridized carbons (Fsp3) is 0.571. The molecule has 2 N–H and O–H groups in total. The highest BCUT2D eigenvalue weighted by atomic mass is 16.3. The summed E-state index contributed by atoms with van der Waals surface area (Å²) in [6.07, 6.45) is 3.35. The van der Waals surface area contributed by atoms with Gasteiger partial charge in [0.05, 0.1) is 0 Å². The summed E-state index contributed by atoms with van der Waals surface area (Å²) in [5, 5.41) is 13.3. The number of phenols is 1. The predicted octanol–water partition coefficient (Wildman–Crippen LogP) is 2.50. The van der Waals surface area contributed by atoms with Gasteiger partial charge in [0, 0.05) is 6.04 Å². The van der Waals surface area contributed by atoms with Crippen LogP contribution >= 0.6 is 0 Å². The lowest BCUT2D eigenvalue weighted by molar-refractivity contribution is 0.392. The minimum atomic E-state index is 0.478. The van der Waals surface area contributed by atoms with E-state index in [1.54, 1.807) is 6.07 Å².